The third kappa shape index (κ3) is 4.80. The molecule has 0 spiro atoms. The molecule has 0 aliphatic rings. The Bertz CT molecular complexity index is 840. The number of hydrogen-bond donors (Lipinski definition) is 2. The maximum Gasteiger partial charge on any atom is 0.222 e. The second-order valence-electron chi connectivity index (χ2n) is 6.52. The van der Waals surface area contributed by atoms with Crippen molar-refractivity contribution in [1.82, 2.24) is 15.1 Å². The van der Waals surface area contributed by atoms with E-state index in [9.17, 15) is 4.79 Å². The summed E-state index contributed by atoms with van der Waals surface area (Å²) < 4.78 is 1.73. The zero-order valence-corrected chi connectivity index (χ0v) is 14.9. The molecule has 1 amide bonds. The molecule has 1 heterocycles. The van der Waals surface area contributed by atoms with Crippen LogP contribution in [0.4, 0.5) is 0 Å². The van der Waals surface area contributed by atoms with Crippen LogP contribution in [0.3, 0.4) is 0 Å². The molecule has 3 N–H and O–H groups in total. The van der Waals surface area contributed by atoms with Crippen LogP contribution >= 0.6 is 0 Å². The molecule has 2 aromatic carbocycles. The normalized spacial score (nSPS) is 12.0. The fourth-order valence-corrected chi connectivity index (χ4v) is 2.97. The molecule has 0 aliphatic carbocycles. The molecule has 26 heavy (non-hydrogen) atoms. The summed E-state index contributed by atoms with van der Waals surface area (Å²) in [6.45, 7) is 1.25. The van der Waals surface area contributed by atoms with Gasteiger partial charge in [0.1, 0.15) is 0 Å². The third-order valence-corrected chi connectivity index (χ3v) is 4.42. The molecule has 0 saturated heterocycles. The van der Waals surface area contributed by atoms with Gasteiger partial charge in [-0.3, -0.25) is 9.48 Å². The van der Waals surface area contributed by atoms with E-state index in [1.807, 2.05) is 31.4 Å². The van der Waals surface area contributed by atoms with Crippen molar-refractivity contribution >= 4 is 5.91 Å². The van der Waals surface area contributed by atoms with Crippen LogP contribution in [-0.4, -0.2) is 22.2 Å². The van der Waals surface area contributed by atoms with Crippen LogP contribution in [0.5, 0.6) is 0 Å². The highest BCUT2D eigenvalue weighted by Gasteiger charge is 2.16. The van der Waals surface area contributed by atoms with Gasteiger partial charge in [0.15, 0.2) is 0 Å². The van der Waals surface area contributed by atoms with Gasteiger partial charge in [0.05, 0.1) is 12.1 Å². The van der Waals surface area contributed by atoms with Crippen molar-refractivity contribution in [2.24, 2.45) is 18.7 Å². The Hall–Kier alpha value is -2.92. The minimum atomic E-state index is -0.291. The predicted octanol–water partition coefficient (Wildman–Crippen LogP) is 2.52. The first-order chi connectivity index (χ1) is 12.6. The first-order valence-electron chi connectivity index (χ1n) is 8.74. The van der Waals surface area contributed by atoms with Gasteiger partial charge >= 0.3 is 0 Å². The minimum absolute atomic E-state index is 0.247. The monoisotopic (exact) mass is 348 g/mol. The van der Waals surface area contributed by atoms with Crippen molar-refractivity contribution in [2.45, 2.75) is 13.0 Å². The molecule has 1 aromatic heterocycles. The molecule has 0 bridgehead atoms. The van der Waals surface area contributed by atoms with E-state index in [1.54, 1.807) is 10.9 Å². The molecule has 0 radical (unpaired) electrons. The number of nitrogens with zero attached hydrogens (tertiary/aromatic N) is 2. The Kier molecular flexibility index (Phi) is 5.81. The Balaban J connectivity index is 1.53. The molecule has 3 aromatic rings. The summed E-state index contributed by atoms with van der Waals surface area (Å²) in [6.07, 6.45) is 4.29. The van der Waals surface area contributed by atoms with Gasteiger partial charge in [-0.15, -0.1) is 0 Å². The van der Waals surface area contributed by atoms with Crippen LogP contribution in [0.15, 0.2) is 67.0 Å². The van der Waals surface area contributed by atoms with Crippen molar-refractivity contribution in [3.8, 4) is 11.1 Å². The maximum atomic E-state index is 11.7. The highest BCUT2D eigenvalue weighted by atomic mass is 16.1. The smallest absolute Gasteiger partial charge is 0.222 e. The molecule has 0 unspecified atom stereocenters. The van der Waals surface area contributed by atoms with Crippen LogP contribution in [-0.2, 0) is 24.8 Å². The average Bonchev–Trinajstić information content (AvgIpc) is 3.07. The Morgan fingerprint density at radius 1 is 1.08 bits per heavy atom. The van der Waals surface area contributed by atoms with Crippen LogP contribution in [0.25, 0.3) is 11.1 Å². The maximum absolute atomic E-state index is 11.7. The topological polar surface area (TPSA) is 72.9 Å². The fourth-order valence-electron chi connectivity index (χ4n) is 2.97. The van der Waals surface area contributed by atoms with Gasteiger partial charge in [-0.1, -0.05) is 54.6 Å². The number of rotatable bonds is 8. The standard InChI is InChI=1S/C21H24N4O/c1-25-15-17(13-24-25)11-20(21(22)26)14-23-12-16-7-9-19(10-8-16)18-5-3-2-4-6-18/h2-10,13,15,20,23H,11-12,14H2,1H3,(H2,22,26)/t20-/m0/s1. The first-order valence-corrected chi connectivity index (χ1v) is 8.74. The Labute approximate surface area is 153 Å². The zero-order valence-electron chi connectivity index (χ0n) is 14.9. The molecule has 5 nitrogen and oxygen atoms in total. The largest absolute Gasteiger partial charge is 0.369 e. The molecule has 3 rings (SSSR count). The van der Waals surface area contributed by atoms with Gasteiger partial charge in [0.2, 0.25) is 5.91 Å². The van der Waals surface area contributed by atoms with E-state index in [0.29, 0.717) is 19.5 Å². The summed E-state index contributed by atoms with van der Waals surface area (Å²) in [4.78, 5) is 11.7. The number of aryl methyl sites for hydroxylation is 1. The van der Waals surface area contributed by atoms with Gasteiger partial charge in [-0.05, 0) is 28.7 Å². The molecule has 0 aliphatic heterocycles. The number of benzene rings is 2. The number of carbonyl (C=O) groups is 1. The van der Waals surface area contributed by atoms with E-state index in [4.69, 9.17) is 5.73 Å². The minimum Gasteiger partial charge on any atom is -0.369 e. The number of amides is 1. The Morgan fingerprint density at radius 2 is 1.77 bits per heavy atom. The third-order valence-electron chi connectivity index (χ3n) is 4.42. The summed E-state index contributed by atoms with van der Waals surface area (Å²) in [5, 5.41) is 7.48. The number of nitrogens with two attached hydrogens (primary N) is 1. The van der Waals surface area contributed by atoms with Gasteiger partial charge in [-0.25, -0.2) is 0 Å². The molecule has 1 atom stereocenters. The van der Waals surface area contributed by atoms with Gasteiger partial charge in [-0.2, -0.15) is 5.10 Å². The second kappa shape index (κ2) is 8.45. The van der Waals surface area contributed by atoms with Gasteiger partial charge in [0, 0.05) is 26.3 Å². The molecular formula is C21H24N4O. The van der Waals surface area contributed by atoms with Crippen LogP contribution in [0.1, 0.15) is 11.1 Å². The molecule has 134 valence electrons. The van der Waals surface area contributed by atoms with Crippen molar-refractivity contribution in [3.63, 3.8) is 0 Å². The average molecular weight is 348 g/mol. The van der Waals surface area contributed by atoms with Crippen LogP contribution < -0.4 is 11.1 Å². The van der Waals surface area contributed by atoms with E-state index in [-0.39, 0.29) is 11.8 Å². The van der Waals surface area contributed by atoms with E-state index >= 15 is 0 Å². The van der Waals surface area contributed by atoms with E-state index in [2.05, 4.69) is 46.8 Å². The lowest BCUT2D eigenvalue weighted by Crippen LogP contribution is -2.34. The zero-order chi connectivity index (χ0) is 18.4. The van der Waals surface area contributed by atoms with Crippen LogP contribution in [0, 0.1) is 5.92 Å². The summed E-state index contributed by atoms with van der Waals surface area (Å²) in [6, 6.07) is 18.7. The molecular weight excluding hydrogens is 324 g/mol. The lowest BCUT2D eigenvalue weighted by Gasteiger charge is -2.13. The highest BCUT2D eigenvalue weighted by molar-refractivity contribution is 5.77. The Morgan fingerprint density at radius 3 is 2.38 bits per heavy atom. The van der Waals surface area contributed by atoms with Crippen molar-refractivity contribution in [2.75, 3.05) is 6.54 Å². The number of carbonyl (C=O) groups excluding carboxylic acids is 1. The summed E-state index contributed by atoms with van der Waals surface area (Å²) in [7, 11) is 1.86. The lowest BCUT2D eigenvalue weighted by atomic mass is 10.0. The van der Waals surface area contributed by atoms with E-state index in [1.165, 1.54) is 16.7 Å². The number of primary amides is 1. The molecule has 5 heteroatoms. The van der Waals surface area contributed by atoms with E-state index < -0.39 is 0 Å². The predicted molar refractivity (Wildman–Crippen MR) is 103 cm³/mol. The lowest BCUT2D eigenvalue weighted by molar-refractivity contribution is -0.121. The molecule has 0 saturated carbocycles. The molecule has 0 fully saturated rings. The SMILES string of the molecule is Cn1cc(C[C@@H](CNCc2ccc(-c3ccccc3)cc2)C(N)=O)cn1. The number of hydrogen-bond acceptors (Lipinski definition) is 3. The van der Waals surface area contributed by atoms with Gasteiger partial charge in [0.25, 0.3) is 0 Å². The van der Waals surface area contributed by atoms with Gasteiger partial charge < -0.3 is 11.1 Å². The summed E-state index contributed by atoms with van der Waals surface area (Å²) in [5.41, 5.74) is 10.1. The number of aromatic nitrogens is 2. The second-order valence-corrected chi connectivity index (χ2v) is 6.52. The van der Waals surface area contributed by atoms with Crippen molar-refractivity contribution < 1.29 is 4.79 Å². The fraction of sp³-hybridized carbons (Fsp3) is 0.238. The number of nitrogens with one attached hydrogen (secondary N) is 1. The highest BCUT2D eigenvalue weighted by Crippen LogP contribution is 2.19. The van der Waals surface area contributed by atoms with Crippen LogP contribution in [0.2, 0.25) is 0 Å². The van der Waals surface area contributed by atoms with E-state index in [0.717, 1.165) is 5.56 Å². The quantitative estimate of drug-likeness (QED) is 0.657. The summed E-state index contributed by atoms with van der Waals surface area (Å²) >= 11 is 0. The first kappa shape index (κ1) is 17.9. The summed E-state index contributed by atoms with van der Waals surface area (Å²) in [5.74, 6) is -0.538. The van der Waals surface area contributed by atoms with Crippen molar-refractivity contribution in [3.05, 3.63) is 78.1 Å². The van der Waals surface area contributed by atoms with Crippen molar-refractivity contribution in [1.29, 1.82) is 0 Å².